The fourth-order valence-corrected chi connectivity index (χ4v) is 4.78. The third-order valence-electron chi connectivity index (χ3n) is 6.02. The van der Waals surface area contributed by atoms with Crippen LogP contribution in [0.2, 0.25) is 0 Å². The summed E-state index contributed by atoms with van der Waals surface area (Å²) in [7, 11) is 0. The summed E-state index contributed by atoms with van der Waals surface area (Å²) in [6, 6.07) is 5.49. The standard InChI is InChI=1S/C18H22N2O/c1-11-4-12-6-19-7-13(12)5-15(11)18-16-8-20(9-17(16)18)14-2-3-21-10-14/h4-6,14,16-18H,2-3,7-10H2,1H3/t14-,16?,17?,18?/m0/s1. The van der Waals surface area contributed by atoms with Crippen LogP contribution < -0.4 is 0 Å². The Morgan fingerprint density at radius 3 is 2.86 bits per heavy atom. The summed E-state index contributed by atoms with van der Waals surface area (Å²) >= 11 is 0. The van der Waals surface area contributed by atoms with E-state index in [2.05, 4.69) is 28.9 Å². The highest BCUT2D eigenvalue weighted by Gasteiger charge is 2.57. The zero-order valence-electron chi connectivity index (χ0n) is 12.6. The summed E-state index contributed by atoms with van der Waals surface area (Å²) in [5.74, 6) is 2.60. The molecule has 1 saturated carbocycles. The van der Waals surface area contributed by atoms with Gasteiger partial charge in [-0.05, 0) is 59.4 Å². The molecule has 4 aliphatic rings. The maximum atomic E-state index is 5.55. The summed E-state index contributed by atoms with van der Waals surface area (Å²) in [6.07, 6.45) is 3.26. The highest BCUT2D eigenvalue weighted by molar-refractivity contribution is 5.85. The number of ether oxygens (including phenoxy) is 1. The second-order valence-electron chi connectivity index (χ2n) is 7.20. The molecule has 110 valence electrons. The molecule has 0 aromatic heterocycles. The molecule has 0 N–H and O–H groups in total. The predicted molar refractivity (Wildman–Crippen MR) is 83.0 cm³/mol. The number of nitrogens with zero attached hydrogens (tertiary/aromatic N) is 2. The van der Waals surface area contributed by atoms with Crippen molar-refractivity contribution in [3.8, 4) is 0 Å². The van der Waals surface area contributed by atoms with E-state index in [1.165, 1.54) is 36.2 Å². The Balaban J connectivity index is 1.34. The van der Waals surface area contributed by atoms with Gasteiger partial charge in [0, 0.05) is 32.0 Å². The molecular formula is C18H22N2O. The van der Waals surface area contributed by atoms with Crippen LogP contribution in [0.5, 0.6) is 0 Å². The number of rotatable bonds is 2. The van der Waals surface area contributed by atoms with Gasteiger partial charge in [-0.15, -0.1) is 0 Å². The van der Waals surface area contributed by atoms with Crippen molar-refractivity contribution >= 4 is 6.21 Å². The van der Waals surface area contributed by atoms with Crippen LogP contribution in [-0.4, -0.2) is 43.5 Å². The average molecular weight is 282 g/mol. The first-order valence-corrected chi connectivity index (χ1v) is 8.26. The summed E-state index contributed by atoms with van der Waals surface area (Å²) in [6.45, 7) is 7.66. The minimum absolute atomic E-state index is 0.702. The van der Waals surface area contributed by atoms with Crippen LogP contribution in [-0.2, 0) is 11.3 Å². The van der Waals surface area contributed by atoms with Gasteiger partial charge in [0.25, 0.3) is 0 Å². The number of piperidine rings is 1. The molecule has 3 heteroatoms. The molecule has 1 aromatic rings. The Labute approximate surface area is 126 Å². The Morgan fingerprint density at radius 2 is 2.10 bits per heavy atom. The van der Waals surface area contributed by atoms with E-state index in [1.807, 2.05) is 6.21 Å². The largest absolute Gasteiger partial charge is 0.380 e. The molecule has 1 aromatic carbocycles. The molecule has 0 radical (unpaired) electrons. The number of aliphatic imine (C=N–C) groups is 1. The first-order valence-electron chi connectivity index (χ1n) is 8.26. The topological polar surface area (TPSA) is 24.8 Å². The summed E-state index contributed by atoms with van der Waals surface area (Å²) < 4.78 is 5.55. The zero-order valence-corrected chi connectivity index (χ0v) is 12.6. The third-order valence-corrected chi connectivity index (χ3v) is 6.02. The minimum Gasteiger partial charge on any atom is -0.380 e. The number of hydrogen-bond acceptors (Lipinski definition) is 3. The maximum absolute atomic E-state index is 5.55. The lowest BCUT2D eigenvalue weighted by Gasteiger charge is -2.25. The summed E-state index contributed by atoms with van der Waals surface area (Å²) in [5, 5.41) is 0. The van der Waals surface area contributed by atoms with Crippen LogP contribution in [0.25, 0.3) is 0 Å². The lowest BCUT2D eigenvalue weighted by atomic mass is 9.95. The van der Waals surface area contributed by atoms with Crippen LogP contribution in [0.3, 0.4) is 0 Å². The van der Waals surface area contributed by atoms with Gasteiger partial charge in [-0.1, -0.05) is 6.07 Å². The SMILES string of the molecule is Cc1cc2c(cc1C1C3CN([C@H]4CCOC4)CC31)CN=C2. The summed E-state index contributed by atoms with van der Waals surface area (Å²) in [5.41, 5.74) is 5.85. The van der Waals surface area contributed by atoms with E-state index >= 15 is 0 Å². The van der Waals surface area contributed by atoms with Crippen molar-refractivity contribution in [1.82, 2.24) is 4.90 Å². The van der Waals surface area contributed by atoms with Crippen molar-refractivity contribution < 1.29 is 4.74 Å². The van der Waals surface area contributed by atoms with E-state index in [9.17, 15) is 0 Å². The van der Waals surface area contributed by atoms with Crippen molar-refractivity contribution in [3.63, 3.8) is 0 Å². The van der Waals surface area contributed by atoms with Gasteiger partial charge >= 0.3 is 0 Å². The monoisotopic (exact) mass is 282 g/mol. The number of hydrogen-bond donors (Lipinski definition) is 0. The molecule has 3 aliphatic heterocycles. The Morgan fingerprint density at radius 1 is 1.24 bits per heavy atom. The van der Waals surface area contributed by atoms with Crippen molar-refractivity contribution in [3.05, 3.63) is 34.4 Å². The van der Waals surface area contributed by atoms with Crippen molar-refractivity contribution in [2.24, 2.45) is 16.8 Å². The van der Waals surface area contributed by atoms with E-state index in [0.29, 0.717) is 6.04 Å². The second kappa shape index (κ2) is 4.40. The number of fused-ring (bicyclic) bond motifs is 2. The molecule has 3 heterocycles. The second-order valence-corrected chi connectivity index (χ2v) is 7.20. The number of likely N-dealkylation sites (tertiary alicyclic amines) is 1. The van der Waals surface area contributed by atoms with E-state index in [0.717, 1.165) is 37.5 Å². The molecule has 5 rings (SSSR count). The molecular weight excluding hydrogens is 260 g/mol. The molecule has 0 bridgehead atoms. The maximum Gasteiger partial charge on any atom is 0.0646 e. The molecule has 3 nitrogen and oxygen atoms in total. The number of aryl methyl sites for hydroxylation is 1. The first kappa shape index (κ1) is 12.4. The lowest BCUT2D eigenvalue weighted by Crippen LogP contribution is -2.35. The fraction of sp³-hybridized carbons (Fsp3) is 0.611. The molecule has 2 unspecified atom stereocenters. The normalized spacial score (nSPS) is 37.0. The zero-order chi connectivity index (χ0) is 14.0. The predicted octanol–water partition coefficient (Wildman–Crippen LogP) is 2.36. The van der Waals surface area contributed by atoms with Crippen LogP contribution in [0.4, 0.5) is 0 Å². The lowest BCUT2D eigenvalue weighted by molar-refractivity contribution is 0.151. The van der Waals surface area contributed by atoms with Crippen LogP contribution >= 0.6 is 0 Å². The van der Waals surface area contributed by atoms with Gasteiger partial charge in [-0.25, -0.2) is 0 Å². The van der Waals surface area contributed by atoms with E-state index < -0.39 is 0 Å². The van der Waals surface area contributed by atoms with E-state index in [4.69, 9.17) is 4.74 Å². The van der Waals surface area contributed by atoms with Crippen LogP contribution in [0.1, 0.15) is 34.6 Å². The van der Waals surface area contributed by atoms with Crippen molar-refractivity contribution in [2.75, 3.05) is 26.3 Å². The molecule has 0 spiro atoms. The van der Waals surface area contributed by atoms with Gasteiger partial charge in [0.15, 0.2) is 0 Å². The average Bonchev–Trinajstić information content (AvgIpc) is 3.01. The molecule has 2 saturated heterocycles. The summed E-state index contributed by atoms with van der Waals surface area (Å²) in [4.78, 5) is 7.09. The van der Waals surface area contributed by atoms with Crippen LogP contribution in [0, 0.1) is 18.8 Å². The quantitative estimate of drug-likeness (QED) is 0.832. The van der Waals surface area contributed by atoms with Gasteiger partial charge in [0.2, 0.25) is 0 Å². The smallest absolute Gasteiger partial charge is 0.0646 e. The van der Waals surface area contributed by atoms with Gasteiger partial charge in [0.05, 0.1) is 13.2 Å². The van der Waals surface area contributed by atoms with Crippen LogP contribution in [0.15, 0.2) is 17.1 Å². The van der Waals surface area contributed by atoms with Gasteiger partial charge < -0.3 is 4.74 Å². The molecule has 3 fully saturated rings. The highest BCUT2D eigenvalue weighted by Crippen LogP contribution is 2.59. The first-order chi connectivity index (χ1) is 10.3. The molecule has 3 atom stereocenters. The van der Waals surface area contributed by atoms with Crippen molar-refractivity contribution in [2.45, 2.75) is 31.8 Å². The third kappa shape index (κ3) is 1.84. The molecule has 21 heavy (non-hydrogen) atoms. The van der Waals surface area contributed by atoms with E-state index in [-0.39, 0.29) is 0 Å². The van der Waals surface area contributed by atoms with Gasteiger partial charge in [-0.3, -0.25) is 9.89 Å². The highest BCUT2D eigenvalue weighted by atomic mass is 16.5. The van der Waals surface area contributed by atoms with Gasteiger partial charge in [-0.2, -0.15) is 0 Å². The molecule has 0 amide bonds. The minimum atomic E-state index is 0.702. The fourth-order valence-electron chi connectivity index (χ4n) is 4.78. The number of benzene rings is 1. The van der Waals surface area contributed by atoms with E-state index in [1.54, 1.807) is 5.56 Å². The Hall–Kier alpha value is -1.19. The molecule has 1 aliphatic carbocycles. The Bertz CT molecular complexity index is 606. The van der Waals surface area contributed by atoms with Gasteiger partial charge in [0.1, 0.15) is 0 Å². The van der Waals surface area contributed by atoms with Crippen molar-refractivity contribution in [1.29, 1.82) is 0 Å². The Kier molecular flexibility index (Phi) is 2.59.